The standard InChI is InChI=1S/C36H41F2N7O5/c1-42(2)11-5-6-32(46)44-12-9-24(10-13-44)45-27-19-31(41-30-8-7-25(22-40-30)43-14-16-50-17-15-43)39-21-23(27)18-26(36(45)47)33-34(37)28(48-3)20-29(49-4)35(33)38/h5-8,18-22,24H,9-17H2,1-4H3,(H,39,40,41)/b6-5+. The van der Waals surface area contributed by atoms with E-state index in [-0.39, 0.29) is 29.0 Å². The van der Waals surface area contributed by atoms with E-state index in [4.69, 9.17) is 14.2 Å². The van der Waals surface area contributed by atoms with E-state index in [0.29, 0.717) is 68.2 Å². The predicted molar refractivity (Wildman–Crippen MR) is 188 cm³/mol. The molecule has 1 aromatic carbocycles. The second kappa shape index (κ2) is 15.2. The molecule has 5 heterocycles. The van der Waals surface area contributed by atoms with Crippen molar-refractivity contribution in [2.75, 3.05) is 84.5 Å². The molecule has 2 saturated heterocycles. The van der Waals surface area contributed by atoms with Crippen LogP contribution in [0.4, 0.5) is 26.1 Å². The summed E-state index contributed by atoms with van der Waals surface area (Å²) in [7, 11) is 6.36. The summed E-state index contributed by atoms with van der Waals surface area (Å²) in [5, 5.41) is 3.71. The molecule has 264 valence electrons. The molecule has 6 rings (SSSR count). The summed E-state index contributed by atoms with van der Waals surface area (Å²) in [6, 6.07) is 7.73. The number of anilines is 3. The molecule has 50 heavy (non-hydrogen) atoms. The number of carbonyl (C=O) groups excluding carboxylic acids is 1. The van der Waals surface area contributed by atoms with Crippen LogP contribution in [0.15, 0.2) is 59.7 Å². The summed E-state index contributed by atoms with van der Waals surface area (Å²) in [6.45, 7) is 4.35. The number of fused-ring (bicyclic) bond motifs is 1. The van der Waals surface area contributed by atoms with Crippen molar-refractivity contribution in [1.29, 1.82) is 0 Å². The zero-order chi connectivity index (χ0) is 35.4. The van der Waals surface area contributed by atoms with Gasteiger partial charge in [0.2, 0.25) is 5.91 Å². The van der Waals surface area contributed by atoms with Crippen molar-refractivity contribution in [2.24, 2.45) is 0 Å². The Morgan fingerprint density at radius 1 is 0.980 bits per heavy atom. The van der Waals surface area contributed by atoms with Crippen LogP contribution in [0, 0.1) is 11.6 Å². The number of rotatable bonds is 10. The van der Waals surface area contributed by atoms with Gasteiger partial charge in [0, 0.05) is 68.6 Å². The molecule has 0 bridgehead atoms. The minimum atomic E-state index is -1.02. The quantitative estimate of drug-likeness (QED) is 0.237. The molecule has 0 atom stereocenters. The monoisotopic (exact) mass is 689 g/mol. The number of amides is 1. The van der Waals surface area contributed by atoms with Crippen molar-refractivity contribution >= 4 is 34.1 Å². The van der Waals surface area contributed by atoms with Gasteiger partial charge in [0.15, 0.2) is 23.1 Å². The SMILES string of the molecule is COc1cc(OC)c(F)c(-c2cc3cnc(Nc4ccc(N5CCOCC5)cn4)cc3n(C3CCN(C(=O)/C=C/CN(C)C)CC3)c2=O)c1F. The van der Waals surface area contributed by atoms with E-state index in [0.717, 1.165) is 24.8 Å². The lowest BCUT2D eigenvalue weighted by Gasteiger charge is -2.33. The van der Waals surface area contributed by atoms with Crippen molar-refractivity contribution in [3.05, 3.63) is 76.9 Å². The lowest BCUT2D eigenvalue weighted by Crippen LogP contribution is -2.40. The van der Waals surface area contributed by atoms with E-state index in [1.54, 1.807) is 34.0 Å². The number of carbonyl (C=O) groups is 1. The maximum absolute atomic E-state index is 15.8. The molecule has 2 fully saturated rings. The lowest BCUT2D eigenvalue weighted by atomic mass is 9.99. The molecule has 4 aromatic rings. The average molecular weight is 690 g/mol. The molecule has 0 radical (unpaired) electrons. The number of methoxy groups -OCH3 is 2. The average Bonchev–Trinajstić information content (AvgIpc) is 3.13. The first-order valence-corrected chi connectivity index (χ1v) is 16.5. The van der Waals surface area contributed by atoms with E-state index in [1.165, 1.54) is 20.3 Å². The molecule has 0 unspecified atom stereocenters. The summed E-state index contributed by atoms with van der Waals surface area (Å²) in [5.74, 6) is -1.67. The minimum Gasteiger partial charge on any atom is -0.494 e. The number of morpholine rings is 1. The molecule has 0 saturated carbocycles. The highest BCUT2D eigenvalue weighted by molar-refractivity contribution is 5.88. The summed E-state index contributed by atoms with van der Waals surface area (Å²) < 4.78 is 48.9. The smallest absolute Gasteiger partial charge is 0.259 e. The summed E-state index contributed by atoms with van der Waals surface area (Å²) in [5.41, 5.74) is 0.169. The highest BCUT2D eigenvalue weighted by Crippen LogP contribution is 2.38. The Balaban J connectivity index is 1.38. The number of piperidine rings is 1. The van der Waals surface area contributed by atoms with Crippen LogP contribution in [0.25, 0.3) is 22.0 Å². The van der Waals surface area contributed by atoms with Crippen molar-refractivity contribution in [2.45, 2.75) is 18.9 Å². The number of nitrogens with one attached hydrogen (secondary N) is 1. The van der Waals surface area contributed by atoms with Gasteiger partial charge in [0.1, 0.15) is 11.6 Å². The van der Waals surface area contributed by atoms with Gasteiger partial charge in [-0.3, -0.25) is 9.59 Å². The Kier molecular flexibility index (Phi) is 10.6. The highest BCUT2D eigenvalue weighted by Gasteiger charge is 2.29. The Labute approximate surface area is 288 Å². The first kappa shape index (κ1) is 34.8. The molecule has 0 aliphatic carbocycles. The van der Waals surface area contributed by atoms with Gasteiger partial charge in [-0.1, -0.05) is 6.08 Å². The topological polar surface area (TPSA) is 114 Å². The van der Waals surface area contributed by atoms with Gasteiger partial charge in [-0.25, -0.2) is 18.7 Å². The van der Waals surface area contributed by atoms with E-state index in [9.17, 15) is 9.59 Å². The third-order valence-corrected chi connectivity index (χ3v) is 9.02. The number of pyridine rings is 3. The first-order chi connectivity index (χ1) is 24.2. The largest absolute Gasteiger partial charge is 0.494 e. The summed E-state index contributed by atoms with van der Waals surface area (Å²) >= 11 is 0. The fourth-order valence-electron chi connectivity index (χ4n) is 6.38. The third kappa shape index (κ3) is 7.26. The molecule has 1 amide bonds. The second-order valence-electron chi connectivity index (χ2n) is 12.5. The van der Waals surface area contributed by atoms with E-state index < -0.39 is 22.8 Å². The maximum atomic E-state index is 15.8. The van der Waals surface area contributed by atoms with Gasteiger partial charge in [-0.15, -0.1) is 0 Å². The van der Waals surface area contributed by atoms with Crippen LogP contribution >= 0.6 is 0 Å². The fourth-order valence-corrected chi connectivity index (χ4v) is 6.38. The highest BCUT2D eigenvalue weighted by atomic mass is 19.1. The van der Waals surface area contributed by atoms with E-state index in [1.807, 2.05) is 37.2 Å². The van der Waals surface area contributed by atoms with E-state index in [2.05, 4.69) is 20.2 Å². The molecule has 0 spiro atoms. The van der Waals surface area contributed by atoms with Gasteiger partial charge >= 0.3 is 0 Å². The molecule has 3 aromatic heterocycles. The molecule has 2 aliphatic rings. The first-order valence-electron chi connectivity index (χ1n) is 16.5. The van der Waals surface area contributed by atoms with E-state index >= 15 is 8.78 Å². The lowest BCUT2D eigenvalue weighted by molar-refractivity contribution is -0.127. The Hall–Kier alpha value is -5.08. The number of ether oxygens (including phenoxy) is 3. The number of halogens is 2. The number of hydrogen-bond acceptors (Lipinski definition) is 10. The number of likely N-dealkylation sites (N-methyl/N-ethyl adjacent to an activating group) is 1. The molecule has 12 nitrogen and oxygen atoms in total. The zero-order valence-electron chi connectivity index (χ0n) is 28.6. The fraction of sp³-hybridized carbons (Fsp3) is 0.389. The summed E-state index contributed by atoms with van der Waals surface area (Å²) in [6.07, 6.45) is 7.62. The zero-order valence-corrected chi connectivity index (χ0v) is 28.6. The molecular weight excluding hydrogens is 648 g/mol. The van der Waals surface area contributed by atoms with Crippen molar-refractivity contribution in [1.82, 2.24) is 24.3 Å². The van der Waals surface area contributed by atoms with Crippen LogP contribution in [0.2, 0.25) is 0 Å². The normalized spacial score (nSPS) is 15.7. The Bertz CT molecular complexity index is 1910. The number of likely N-dealkylation sites (tertiary alicyclic amines) is 1. The molecular formula is C36H41F2N7O5. The minimum absolute atomic E-state index is 0.105. The van der Waals surface area contributed by atoms with Crippen LogP contribution in [-0.4, -0.2) is 104 Å². The third-order valence-electron chi connectivity index (χ3n) is 9.02. The number of aromatic nitrogens is 3. The maximum Gasteiger partial charge on any atom is 0.259 e. The van der Waals surface area contributed by atoms with Crippen molar-refractivity contribution in [3.63, 3.8) is 0 Å². The van der Waals surface area contributed by atoms with Gasteiger partial charge < -0.3 is 38.8 Å². The van der Waals surface area contributed by atoms with Crippen LogP contribution < -0.4 is 25.2 Å². The predicted octanol–water partition coefficient (Wildman–Crippen LogP) is 4.62. The van der Waals surface area contributed by atoms with Crippen LogP contribution in [0.1, 0.15) is 18.9 Å². The Morgan fingerprint density at radius 2 is 1.66 bits per heavy atom. The number of benzene rings is 1. The number of nitrogens with zero attached hydrogens (tertiary/aromatic N) is 6. The second-order valence-corrected chi connectivity index (χ2v) is 12.5. The van der Waals surface area contributed by atoms with Crippen molar-refractivity contribution < 1.29 is 27.8 Å². The molecule has 14 heteroatoms. The van der Waals surface area contributed by atoms with Gasteiger partial charge in [0.25, 0.3) is 5.56 Å². The van der Waals surface area contributed by atoms with Gasteiger partial charge in [-0.2, -0.15) is 0 Å². The van der Waals surface area contributed by atoms with Crippen molar-refractivity contribution in [3.8, 4) is 22.6 Å². The Morgan fingerprint density at radius 3 is 2.28 bits per heavy atom. The van der Waals surface area contributed by atoms with Gasteiger partial charge in [0.05, 0.1) is 56.0 Å². The van der Waals surface area contributed by atoms with Crippen LogP contribution in [-0.2, 0) is 9.53 Å². The van der Waals surface area contributed by atoms with Gasteiger partial charge in [-0.05, 0) is 45.1 Å². The van der Waals surface area contributed by atoms with Crippen LogP contribution in [0.3, 0.4) is 0 Å². The molecule has 1 N–H and O–H groups in total. The molecule has 2 aliphatic heterocycles. The van der Waals surface area contributed by atoms with Crippen LogP contribution in [0.5, 0.6) is 11.5 Å². The number of hydrogen-bond donors (Lipinski definition) is 1. The summed E-state index contributed by atoms with van der Waals surface area (Å²) in [4.78, 5) is 42.4.